The highest BCUT2D eigenvalue weighted by molar-refractivity contribution is 6.25. The first-order valence-electron chi connectivity index (χ1n) is 3.34. The Labute approximate surface area is 64.5 Å². The molecule has 0 fully saturated rings. The van der Waals surface area contributed by atoms with Crippen LogP contribution in [-0.2, 0) is 19.1 Å². The van der Waals surface area contributed by atoms with Crippen LogP contribution in [0.1, 0.15) is 19.8 Å². The van der Waals surface area contributed by atoms with Crippen molar-refractivity contribution in [1.29, 1.82) is 0 Å². The van der Waals surface area contributed by atoms with E-state index in [1.165, 1.54) is 0 Å². The van der Waals surface area contributed by atoms with Crippen LogP contribution in [0, 0.1) is 0 Å². The molecule has 0 amide bonds. The quantitative estimate of drug-likeness (QED) is 0.323. The first-order chi connectivity index (χ1) is 5.20. The van der Waals surface area contributed by atoms with Gasteiger partial charge in [-0.2, -0.15) is 0 Å². The number of carbonyl (C=O) groups is 3. The highest BCUT2D eigenvalue weighted by Crippen LogP contribution is 1.92. The highest BCUT2D eigenvalue weighted by Gasteiger charge is 2.05. The number of rotatable bonds is 5. The second-order valence-electron chi connectivity index (χ2n) is 1.89. The summed E-state index contributed by atoms with van der Waals surface area (Å²) in [7, 11) is 0. The predicted molar refractivity (Wildman–Crippen MR) is 36.9 cm³/mol. The average Bonchev–Trinajstić information content (AvgIpc) is 2.01. The molecule has 0 aromatic heterocycles. The Hall–Kier alpha value is -1.19. The lowest BCUT2D eigenvalue weighted by atomic mass is 10.2. The first-order valence-corrected chi connectivity index (χ1v) is 3.34. The fourth-order valence-electron chi connectivity index (χ4n) is 0.517. The smallest absolute Gasteiger partial charge is 0.306 e. The van der Waals surface area contributed by atoms with E-state index in [2.05, 4.69) is 4.74 Å². The van der Waals surface area contributed by atoms with Gasteiger partial charge in [0.15, 0.2) is 12.1 Å². The molecule has 0 aliphatic rings. The standard InChI is InChI=1S/C7H10O4/c1-2-11-7(10)4-3-6(9)5-8/h5H,2-4H2,1H3. The van der Waals surface area contributed by atoms with Crippen LogP contribution in [0.15, 0.2) is 0 Å². The van der Waals surface area contributed by atoms with Crippen molar-refractivity contribution < 1.29 is 19.1 Å². The molecule has 0 atom stereocenters. The molecule has 0 aromatic rings. The van der Waals surface area contributed by atoms with Crippen molar-refractivity contribution in [3.8, 4) is 0 Å². The molecule has 0 saturated carbocycles. The van der Waals surface area contributed by atoms with E-state index in [0.717, 1.165) is 0 Å². The van der Waals surface area contributed by atoms with Crippen molar-refractivity contribution in [1.82, 2.24) is 0 Å². The number of carbonyl (C=O) groups excluding carboxylic acids is 3. The molecule has 0 unspecified atom stereocenters. The van der Waals surface area contributed by atoms with Crippen molar-refractivity contribution in [2.45, 2.75) is 19.8 Å². The molecule has 0 bridgehead atoms. The third kappa shape index (κ3) is 5.26. The van der Waals surface area contributed by atoms with E-state index in [1.54, 1.807) is 6.92 Å². The van der Waals surface area contributed by atoms with E-state index in [1.807, 2.05) is 0 Å². The van der Waals surface area contributed by atoms with Gasteiger partial charge < -0.3 is 4.74 Å². The zero-order valence-electron chi connectivity index (χ0n) is 6.33. The Balaban J connectivity index is 3.45. The van der Waals surface area contributed by atoms with Crippen LogP contribution in [0.4, 0.5) is 0 Å². The average molecular weight is 158 g/mol. The number of hydrogen-bond acceptors (Lipinski definition) is 4. The predicted octanol–water partition coefficient (Wildman–Crippen LogP) is 0.0977. The summed E-state index contributed by atoms with van der Waals surface area (Å²) in [6.07, 6.45) is 0.146. The molecule has 0 heterocycles. The fourth-order valence-corrected chi connectivity index (χ4v) is 0.517. The number of hydrogen-bond donors (Lipinski definition) is 0. The lowest BCUT2D eigenvalue weighted by molar-refractivity contribution is -0.144. The maximum Gasteiger partial charge on any atom is 0.306 e. The molecular weight excluding hydrogens is 148 g/mol. The van der Waals surface area contributed by atoms with Gasteiger partial charge in [-0.15, -0.1) is 0 Å². The van der Waals surface area contributed by atoms with Crippen molar-refractivity contribution in [2.24, 2.45) is 0 Å². The Bertz CT molecular complexity index is 162. The van der Waals surface area contributed by atoms with Gasteiger partial charge in [0.1, 0.15) is 0 Å². The molecule has 0 radical (unpaired) electrons. The summed E-state index contributed by atoms with van der Waals surface area (Å²) in [4.78, 5) is 30.7. The second kappa shape index (κ2) is 5.58. The summed E-state index contributed by atoms with van der Waals surface area (Å²) in [6, 6.07) is 0. The van der Waals surface area contributed by atoms with Crippen LogP contribution in [0.3, 0.4) is 0 Å². The molecule has 0 rings (SSSR count). The van der Waals surface area contributed by atoms with Crippen molar-refractivity contribution in [2.75, 3.05) is 6.61 Å². The molecule has 0 spiro atoms. The topological polar surface area (TPSA) is 60.4 Å². The van der Waals surface area contributed by atoms with Gasteiger partial charge in [0.05, 0.1) is 13.0 Å². The highest BCUT2D eigenvalue weighted by atomic mass is 16.5. The molecule has 0 aromatic carbocycles. The maximum absolute atomic E-state index is 10.6. The molecule has 0 N–H and O–H groups in total. The minimum atomic E-state index is -0.571. The Morgan fingerprint density at radius 2 is 2.00 bits per heavy atom. The van der Waals surface area contributed by atoms with Crippen molar-refractivity contribution in [3.63, 3.8) is 0 Å². The minimum absolute atomic E-state index is 0.00852. The number of ketones is 1. The van der Waals surface area contributed by atoms with Gasteiger partial charge in [0, 0.05) is 6.42 Å². The third-order valence-corrected chi connectivity index (χ3v) is 1.01. The lowest BCUT2D eigenvalue weighted by Gasteiger charge is -1.97. The van der Waals surface area contributed by atoms with Gasteiger partial charge in [-0.05, 0) is 6.92 Å². The van der Waals surface area contributed by atoms with E-state index in [4.69, 9.17) is 0 Å². The van der Waals surface area contributed by atoms with Gasteiger partial charge in [-0.1, -0.05) is 0 Å². The Morgan fingerprint density at radius 1 is 1.36 bits per heavy atom. The van der Waals surface area contributed by atoms with Crippen LogP contribution < -0.4 is 0 Å². The van der Waals surface area contributed by atoms with E-state index in [9.17, 15) is 14.4 Å². The van der Waals surface area contributed by atoms with Crippen LogP contribution in [-0.4, -0.2) is 24.6 Å². The number of aldehydes is 1. The largest absolute Gasteiger partial charge is 0.466 e. The molecule has 4 heteroatoms. The fraction of sp³-hybridized carbons (Fsp3) is 0.571. The first kappa shape index (κ1) is 9.81. The minimum Gasteiger partial charge on any atom is -0.466 e. The molecule has 4 nitrogen and oxygen atoms in total. The van der Waals surface area contributed by atoms with Gasteiger partial charge >= 0.3 is 5.97 Å². The van der Waals surface area contributed by atoms with Gasteiger partial charge in [-0.3, -0.25) is 14.4 Å². The van der Waals surface area contributed by atoms with Crippen LogP contribution in [0.5, 0.6) is 0 Å². The Morgan fingerprint density at radius 3 is 2.45 bits per heavy atom. The zero-order chi connectivity index (χ0) is 8.69. The monoisotopic (exact) mass is 158 g/mol. The summed E-state index contributed by atoms with van der Waals surface area (Å²) in [5.41, 5.74) is 0. The van der Waals surface area contributed by atoms with E-state index in [0.29, 0.717) is 6.61 Å². The van der Waals surface area contributed by atoms with Gasteiger partial charge in [-0.25, -0.2) is 0 Å². The molecule has 11 heavy (non-hydrogen) atoms. The summed E-state index contributed by atoms with van der Waals surface area (Å²) in [5, 5.41) is 0. The summed E-state index contributed by atoms with van der Waals surface area (Å²) in [6.45, 7) is 1.98. The van der Waals surface area contributed by atoms with Gasteiger partial charge in [0.25, 0.3) is 0 Å². The van der Waals surface area contributed by atoms with Crippen molar-refractivity contribution >= 4 is 18.0 Å². The molecule has 62 valence electrons. The molecule has 0 saturated heterocycles. The number of ether oxygens (including phenoxy) is 1. The second-order valence-corrected chi connectivity index (χ2v) is 1.89. The zero-order valence-corrected chi connectivity index (χ0v) is 6.33. The number of Topliss-reactive ketones (excluding diaryl/α,β-unsaturated/α-hetero) is 1. The maximum atomic E-state index is 10.6. The summed E-state index contributed by atoms with van der Waals surface area (Å²) >= 11 is 0. The molecule has 0 aliphatic heterocycles. The van der Waals surface area contributed by atoms with Crippen molar-refractivity contribution in [3.05, 3.63) is 0 Å². The van der Waals surface area contributed by atoms with E-state index >= 15 is 0 Å². The van der Waals surface area contributed by atoms with Crippen LogP contribution >= 0.6 is 0 Å². The van der Waals surface area contributed by atoms with E-state index in [-0.39, 0.29) is 19.1 Å². The SMILES string of the molecule is CCOC(=O)CCC(=O)C=O. The van der Waals surface area contributed by atoms with E-state index < -0.39 is 11.8 Å². The lowest BCUT2D eigenvalue weighted by Crippen LogP contribution is -2.07. The Kier molecular flexibility index (Phi) is 4.98. The third-order valence-electron chi connectivity index (χ3n) is 1.01. The summed E-state index contributed by atoms with van der Waals surface area (Å²) < 4.78 is 4.53. The van der Waals surface area contributed by atoms with Crippen LogP contribution in [0.25, 0.3) is 0 Å². The summed E-state index contributed by atoms with van der Waals surface area (Å²) in [5.74, 6) is -1.01. The number of esters is 1. The molecule has 0 aliphatic carbocycles. The van der Waals surface area contributed by atoms with Gasteiger partial charge in [0.2, 0.25) is 0 Å². The van der Waals surface area contributed by atoms with Crippen LogP contribution in [0.2, 0.25) is 0 Å². The molecular formula is C7H10O4. The normalized spacial score (nSPS) is 8.82.